The summed E-state index contributed by atoms with van der Waals surface area (Å²) in [6, 6.07) is 1.29. The molecule has 1 aromatic rings. The maximum Gasteiger partial charge on any atom is 0.351 e. The molecule has 3 atom stereocenters. The van der Waals surface area contributed by atoms with E-state index in [2.05, 4.69) is 18.8 Å². The molecular weight excluding hydrogens is 440 g/mol. The minimum atomic E-state index is -3.46. The lowest BCUT2D eigenvalue weighted by molar-refractivity contribution is -0.138. The largest absolute Gasteiger partial charge is 0.414 e. The summed E-state index contributed by atoms with van der Waals surface area (Å²) < 4.78 is 50.2. The number of rotatable bonds is 7. The summed E-state index contributed by atoms with van der Waals surface area (Å²) in [6.07, 6.45) is -3.23. The zero-order valence-electron chi connectivity index (χ0n) is 20.0. The number of hydrogen-bond donors (Lipinski definition) is 1. The van der Waals surface area contributed by atoms with Gasteiger partial charge in [-0.15, -0.1) is 0 Å². The standard InChI is InChI=1S/C20H37F2N3O4Si2/c1-13(2)30(6,7)27-12-14-16(29-31(8,9)19(3,4)5)20(21,22)17(28-14)25-11-10-15(23)24-18(25)26/h10-11,13-14,16-17H,12H2,1-9H3,(H2,23,24,26)/t14-,16?,17-/m1/s1. The average molecular weight is 478 g/mol. The fourth-order valence-electron chi connectivity index (χ4n) is 2.81. The second-order valence-electron chi connectivity index (χ2n) is 10.6. The number of hydrogen-bond acceptors (Lipinski definition) is 6. The van der Waals surface area contributed by atoms with Crippen LogP contribution in [-0.2, 0) is 13.6 Å². The van der Waals surface area contributed by atoms with Crippen molar-refractivity contribution in [2.45, 2.75) is 95.7 Å². The van der Waals surface area contributed by atoms with Gasteiger partial charge < -0.3 is 19.3 Å². The molecular formula is C20H37F2N3O4Si2. The van der Waals surface area contributed by atoms with E-state index in [0.717, 1.165) is 4.57 Å². The molecule has 0 bridgehead atoms. The lowest BCUT2D eigenvalue weighted by Gasteiger charge is -2.40. The molecule has 1 unspecified atom stereocenters. The smallest absolute Gasteiger partial charge is 0.351 e. The number of anilines is 1. The third-order valence-corrected chi connectivity index (χ3v) is 14.8. The quantitative estimate of drug-likeness (QED) is 0.586. The van der Waals surface area contributed by atoms with Gasteiger partial charge in [0.05, 0.1) is 6.61 Å². The van der Waals surface area contributed by atoms with Gasteiger partial charge in [-0.3, -0.25) is 4.57 Å². The van der Waals surface area contributed by atoms with Gasteiger partial charge in [-0.25, -0.2) is 4.79 Å². The monoisotopic (exact) mass is 477 g/mol. The van der Waals surface area contributed by atoms with Gasteiger partial charge in [0.1, 0.15) is 18.0 Å². The second-order valence-corrected chi connectivity index (χ2v) is 20.0. The van der Waals surface area contributed by atoms with Crippen LogP contribution in [0.5, 0.6) is 0 Å². The van der Waals surface area contributed by atoms with Crippen LogP contribution in [0.4, 0.5) is 14.6 Å². The van der Waals surface area contributed by atoms with Crippen LogP contribution in [-0.4, -0.2) is 50.9 Å². The van der Waals surface area contributed by atoms with E-state index in [-0.39, 0.29) is 17.5 Å². The van der Waals surface area contributed by atoms with E-state index in [9.17, 15) is 4.79 Å². The summed E-state index contributed by atoms with van der Waals surface area (Å²) in [5.74, 6) is -3.50. The molecule has 0 radical (unpaired) electrons. The SMILES string of the molecule is CC(C)[Si](C)(C)OC[C@H]1O[C@@H](n2ccc(N)nc2=O)C(F)(F)C1O[Si](C)(C)C(C)(C)C. The van der Waals surface area contributed by atoms with Gasteiger partial charge in [-0.1, -0.05) is 34.6 Å². The number of aromatic nitrogens is 2. The van der Waals surface area contributed by atoms with Crippen LogP contribution < -0.4 is 11.4 Å². The maximum atomic E-state index is 15.7. The normalized spacial score (nSPS) is 24.7. The Kier molecular flexibility index (Phi) is 7.29. The molecule has 0 spiro atoms. The molecule has 2 rings (SSSR count). The summed E-state index contributed by atoms with van der Waals surface area (Å²) in [4.78, 5) is 15.9. The fraction of sp³-hybridized carbons (Fsp3) is 0.800. The third-order valence-electron chi connectivity index (χ3n) is 6.69. The zero-order chi connectivity index (χ0) is 24.0. The zero-order valence-corrected chi connectivity index (χ0v) is 22.0. The third kappa shape index (κ3) is 5.44. The van der Waals surface area contributed by atoms with Crippen LogP contribution >= 0.6 is 0 Å². The minimum absolute atomic E-state index is 0.0278. The maximum absolute atomic E-state index is 15.7. The van der Waals surface area contributed by atoms with Crippen molar-refractivity contribution in [3.63, 3.8) is 0 Å². The number of ether oxygens (including phenoxy) is 1. The Balaban J connectivity index is 2.44. The molecule has 2 N–H and O–H groups in total. The van der Waals surface area contributed by atoms with Crippen molar-refractivity contribution in [1.29, 1.82) is 0 Å². The van der Waals surface area contributed by atoms with E-state index in [1.807, 2.05) is 47.0 Å². The van der Waals surface area contributed by atoms with Crippen molar-refractivity contribution < 1.29 is 22.4 Å². The first kappa shape index (κ1) is 26.1. The molecule has 31 heavy (non-hydrogen) atoms. The fourth-order valence-corrected chi connectivity index (χ4v) is 5.03. The van der Waals surface area contributed by atoms with Gasteiger partial charge in [-0.05, 0) is 42.8 Å². The molecule has 0 saturated carbocycles. The molecule has 0 aromatic carbocycles. The van der Waals surface area contributed by atoms with Crippen LogP contribution in [0, 0.1) is 0 Å². The molecule has 1 fully saturated rings. The molecule has 1 saturated heterocycles. The lowest BCUT2D eigenvalue weighted by atomic mass is 10.1. The highest BCUT2D eigenvalue weighted by molar-refractivity contribution is 6.74. The molecule has 0 aliphatic carbocycles. The van der Waals surface area contributed by atoms with Gasteiger partial charge in [0.2, 0.25) is 6.23 Å². The van der Waals surface area contributed by atoms with Crippen molar-refractivity contribution in [3.05, 3.63) is 22.7 Å². The summed E-state index contributed by atoms with van der Waals surface area (Å²) in [7, 11) is -4.68. The van der Waals surface area contributed by atoms with Crippen LogP contribution in [0.15, 0.2) is 17.1 Å². The van der Waals surface area contributed by atoms with Crippen LogP contribution in [0.1, 0.15) is 40.8 Å². The van der Waals surface area contributed by atoms with E-state index in [1.54, 1.807) is 0 Å². The Morgan fingerprint density at radius 1 is 1.29 bits per heavy atom. The predicted molar refractivity (Wildman–Crippen MR) is 122 cm³/mol. The lowest BCUT2D eigenvalue weighted by Crippen LogP contribution is -2.53. The van der Waals surface area contributed by atoms with Gasteiger partial charge in [0.15, 0.2) is 16.6 Å². The second kappa shape index (κ2) is 8.66. The first-order chi connectivity index (χ1) is 13.9. The Hall–Kier alpha value is -1.15. The van der Waals surface area contributed by atoms with Crippen molar-refractivity contribution in [2.24, 2.45) is 0 Å². The van der Waals surface area contributed by atoms with Gasteiger partial charge in [0.25, 0.3) is 0 Å². The first-order valence-electron chi connectivity index (χ1n) is 10.6. The molecule has 1 aliphatic heterocycles. The van der Waals surface area contributed by atoms with Crippen molar-refractivity contribution in [3.8, 4) is 0 Å². The topological polar surface area (TPSA) is 88.6 Å². The summed E-state index contributed by atoms with van der Waals surface area (Å²) in [5.41, 5.74) is 4.92. The number of nitrogens with zero attached hydrogens (tertiary/aromatic N) is 2. The number of halogens is 2. The molecule has 2 heterocycles. The van der Waals surface area contributed by atoms with Gasteiger partial charge >= 0.3 is 11.6 Å². The Morgan fingerprint density at radius 2 is 1.87 bits per heavy atom. The number of nitrogen functional groups attached to an aromatic ring is 1. The average Bonchev–Trinajstić information content (AvgIpc) is 2.83. The highest BCUT2D eigenvalue weighted by atomic mass is 28.4. The Labute approximate surface area is 185 Å². The molecule has 178 valence electrons. The van der Waals surface area contributed by atoms with E-state index in [1.165, 1.54) is 12.3 Å². The van der Waals surface area contributed by atoms with Crippen molar-refractivity contribution in [2.75, 3.05) is 12.3 Å². The first-order valence-corrected chi connectivity index (χ1v) is 16.5. The van der Waals surface area contributed by atoms with E-state index >= 15 is 8.78 Å². The summed E-state index contributed by atoms with van der Waals surface area (Å²) >= 11 is 0. The van der Waals surface area contributed by atoms with Crippen molar-refractivity contribution in [1.82, 2.24) is 9.55 Å². The molecule has 0 amide bonds. The van der Waals surface area contributed by atoms with Gasteiger partial charge in [0, 0.05) is 6.20 Å². The number of nitrogens with two attached hydrogens (primary N) is 1. The van der Waals surface area contributed by atoms with E-state index in [4.69, 9.17) is 19.3 Å². The Morgan fingerprint density at radius 3 is 2.35 bits per heavy atom. The predicted octanol–water partition coefficient (Wildman–Crippen LogP) is 4.38. The minimum Gasteiger partial charge on any atom is -0.414 e. The molecule has 1 aliphatic rings. The van der Waals surface area contributed by atoms with Crippen LogP contribution in [0.2, 0.25) is 36.8 Å². The highest BCUT2D eigenvalue weighted by Gasteiger charge is 2.63. The molecule has 7 nitrogen and oxygen atoms in total. The summed E-state index contributed by atoms with van der Waals surface area (Å²) in [6.45, 7) is 18.0. The van der Waals surface area contributed by atoms with Crippen molar-refractivity contribution >= 4 is 22.5 Å². The molecule has 1 aromatic heterocycles. The molecule has 11 heteroatoms. The van der Waals surface area contributed by atoms with E-state index < -0.39 is 46.7 Å². The highest BCUT2D eigenvalue weighted by Crippen LogP contribution is 2.48. The van der Waals surface area contributed by atoms with Gasteiger partial charge in [-0.2, -0.15) is 13.8 Å². The Bertz CT molecular complexity index is 840. The van der Waals surface area contributed by atoms with Crippen LogP contribution in [0.25, 0.3) is 0 Å². The van der Waals surface area contributed by atoms with Crippen LogP contribution in [0.3, 0.4) is 0 Å². The summed E-state index contributed by atoms with van der Waals surface area (Å²) in [5, 5.41) is -0.280. The van der Waals surface area contributed by atoms with E-state index in [0.29, 0.717) is 5.54 Å². The number of alkyl halides is 2.